The summed E-state index contributed by atoms with van der Waals surface area (Å²) in [5.41, 5.74) is 1.48. The molecule has 0 aliphatic heterocycles. The minimum absolute atomic E-state index is 0.311. The van der Waals surface area contributed by atoms with Crippen LogP contribution in [0, 0.1) is 17.1 Å². The van der Waals surface area contributed by atoms with Crippen LogP contribution in [0.25, 0.3) is 0 Å². The van der Waals surface area contributed by atoms with Crippen molar-refractivity contribution in [1.29, 1.82) is 5.31 Å². The van der Waals surface area contributed by atoms with Crippen molar-refractivity contribution in [2.75, 3.05) is 7.11 Å². The molecule has 0 radical (unpaired) electrons. The average Bonchev–Trinajstić information content (AvgIpc) is 2.41. The van der Waals surface area contributed by atoms with E-state index in [2.05, 4.69) is 0 Å². The van der Waals surface area contributed by atoms with E-state index in [4.69, 9.17) is 14.7 Å². The van der Waals surface area contributed by atoms with Gasteiger partial charge in [-0.2, -0.15) is 0 Å². The van der Waals surface area contributed by atoms with Gasteiger partial charge in [0.1, 0.15) is 0 Å². The Morgan fingerprint density at radius 3 is 2.22 bits per heavy atom. The fourth-order valence-electron chi connectivity index (χ4n) is 3.56. The molecule has 0 spiro atoms. The van der Waals surface area contributed by atoms with Crippen LogP contribution >= 0.6 is 0 Å². The van der Waals surface area contributed by atoms with Crippen LogP contribution in [0.3, 0.4) is 0 Å². The van der Waals surface area contributed by atoms with Gasteiger partial charge in [0, 0.05) is 0 Å². The van der Waals surface area contributed by atoms with E-state index in [1.165, 1.54) is 44.1 Å². The Labute approximate surface area is 111 Å². The Morgan fingerprint density at radius 2 is 1.67 bits per heavy atom. The second-order valence-corrected chi connectivity index (χ2v) is 5.64. The maximum absolute atomic E-state index is 6.98. The fraction of sp³-hybridized carbons (Fsp3) is 0.857. The summed E-state index contributed by atoms with van der Waals surface area (Å²) < 4.78 is 10.4. The molecule has 0 aromatic heterocycles. The molecule has 2 saturated carbocycles. The number of allylic oxidation sites excluding steroid dienone is 1. The van der Waals surface area contributed by atoms with Crippen molar-refractivity contribution in [3.8, 4) is 0 Å². The molecule has 2 rings (SSSR count). The van der Waals surface area contributed by atoms with Gasteiger partial charge in [0.05, 0.1) is 0 Å². The molecule has 1 N–H and O–H groups in total. The predicted molar refractivity (Wildman–Crippen MR) is 72.4 cm³/mol. The predicted octanol–water partition coefficient (Wildman–Crippen LogP) is 3.66. The van der Waals surface area contributed by atoms with Crippen molar-refractivity contribution in [3.05, 3.63) is 11.8 Å². The van der Waals surface area contributed by atoms with Crippen LogP contribution in [0.5, 0.6) is 0 Å². The number of hydrogen-bond donors (Lipinski definition) is 1. The van der Waals surface area contributed by atoms with Gasteiger partial charge in [-0.05, 0) is 0 Å². The van der Waals surface area contributed by atoms with Gasteiger partial charge in [-0.25, -0.2) is 0 Å². The Balaban J connectivity index is 1.74. The van der Waals surface area contributed by atoms with E-state index < -0.39 is 0 Å². The second kappa shape index (κ2) is 6.96. The number of nitrogens with one attached hydrogen (secondary N) is 1. The van der Waals surface area contributed by atoms with Gasteiger partial charge in [0.25, 0.3) is 0 Å². The summed E-state index contributed by atoms with van der Waals surface area (Å²) in [5.74, 6) is 1.79. The molecule has 2 fully saturated rings. The van der Waals surface area contributed by atoms with Gasteiger partial charge < -0.3 is 0 Å². The van der Waals surface area contributed by atoms with Gasteiger partial charge in [-0.3, -0.25) is 0 Å². The van der Waals surface area contributed by atoms with Crippen LogP contribution < -0.4 is 0 Å². The first kappa shape index (κ1) is 13.6. The molecule has 2 aliphatic rings. The molecular weight excluding hydrogens is 225 g/mol. The fourth-order valence-corrected chi connectivity index (χ4v) is 3.56. The Kier molecular flexibility index (Phi) is 5.27. The summed E-state index contributed by atoms with van der Waals surface area (Å²) in [4.78, 5) is 0. The first-order valence-electron chi connectivity index (χ1n) is 7.18. The molecular formula is C14H24BNO2. The monoisotopic (exact) mass is 249 g/mol. The van der Waals surface area contributed by atoms with Crippen LogP contribution in [0.15, 0.2) is 11.8 Å². The first-order chi connectivity index (χ1) is 8.83. The van der Waals surface area contributed by atoms with Gasteiger partial charge >= 0.3 is 110 Å². The van der Waals surface area contributed by atoms with Gasteiger partial charge in [-0.15, -0.1) is 0 Å². The van der Waals surface area contributed by atoms with Crippen molar-refractivity contribution in [2.45, 2.75) is 57.5 Å². The van der Waals surface area contributed by atoms with Crippen LogP contribution in [0.4, 0.5) is 0 Å². The Hall–Kier alpha value is -0.795. The van der Waals surface area contributed by atoms with Crippen molar-refractivity contribution in [2.24, 2.45) is 11.8 Å². The molecule has 100 valence electrons. The molecule has 0 unspecified atom stereocenters. The zero-order valence-electron chi connectivity index (χ0n) is 11.4. The van der Waals surface area contributed by atoms with E-state index in [-0.39, 0.29) is 0 Å². The van der Waals surface area contributed by atoms with Crippen LogP contribution in [0.1, 0.15) is 51.4 Å². The van der Waals surface area contributed by atoms with Crippen molar-refractivity contribution >= 4 is 7.27 Å². The van der Waals surface area contributed by atoms with Gasteiger partial charge in [0.15, 0.2) is 0 Å². The Morgan fingerprint density at radius 1 is 1.06 bits per heavy atom. The summed E-state index contributed by atoms with van der Waals surface area (Å²) in [6, 6.07) is 0. The third kappa shape index (κ3) is 3.60. The minimum atomic E-state index is 0.311. The summed E-state index contributed by atoms with van der Waals surface area (Å²) in [5, 5.41) is 6.98. The van der Waals surface area contributed by atoms with E-state index in [1.54, 1.807) is 7.11 Å². The van der Waals surface area contributed by atoms with Crippen LogP contribution in [-0.4, -0.2) is 20.5 Å². The zero-order valence-corrected chi connectivity index (χ0v) is 11.4. The molecule has 0 amide bonds. The van der Waals surface area contributed by atoms with Crippen molar-refractivity contribution < 1.29 is 9.39 Å². The van der Waals surface area contributed by atoms with E-state index in [0.29, 0.717) is 6.10 Å². The second-order valence-electron chi connectivity index (χ2n) is 5.64. The van der Waals surface area contributed by atoms with Gasteiger partial charge in [0.2, 0.25) is 0 Å². The Bertz CT molecular complexity index is 288. The van der Waals surface area contributed by atoms with E-state index in [1.807, 2.05) is 6.26 Å². The standard InChI is InChI=1S/C14H24BNO2/c1-17-10-11-2-4-12(5-3-11)13-6-8-14(9-7-13)18-15-16/h10,12-14,16H,2-9H2,1H3. The molecule has 0 aromatic carbocycles. The third-order valence-electron chi connectivity index (χ3n) is 4.60. The first-order valence-corrected chi connectivity index (χ1v) is 7.18. The van der Waals surface area contributed by atoms with Crippen molar-refractivity contribution in [3.63, 3.8) is 0 Å². The van der Waals surface area contributed by atoms with E-state index in [0.717, 1.165) is 32.0 Å². The number of hydrogen-bond acceptors (Lipinski definition) is 3. The molecule has 4 heteroatoms. The molecule has 0 heterocycles. The van der Waals surface area contributed by atoms with E-state index in [9.17, 15) is 0 Å². The summed E-state index contributed by atoms with van der Waals surface area (Å²) in [7, 11) is 2.84. The van der Waals surface area contributed by atoms with Crippen molar-refractivity contribution in [1.82, 2.24) is 0 Å². The average molecular weight is 249 g/mol. The van der Waals surface area contributed by atoms with Crippen LogP contribution in [0.2, 0.25) is 0 Å². The maximum atomic E-state index is 6.98. The molecule has 3 nitrogen and oxygen atoms in total. The molecule has 2 aliphatic carbocycles. The topological polar surface area (TPSA) is 42.3 Å². The number of rotatable bonds is 4. The molecule has 0 bridgehead atoms. The molecule has 0 saturated heterocycles. The third-order valence-corrected chi connectivity index (χ3v) is 4.60. The molecule has 0 atom stereocenters. The summed E-state index contributed by atoms with van der Waals surface area (Å²) in [6.07, 6.45) is 12.2. The summed E-state index contributed by atoms with van der Waals surface area (Å²) in [6.45, 7) is 0. The number of methoxy groups -OCH3 is 1. The number of ether oxygens (including phenoxy) is 1. The van der Waals surface area contributed by atoms with Gasteiger partial charge in [-0.1, -0.05) is 0 Å². The van der Waals surface area contributed by atoms with Crippen LogP contribution in [-0.2, 0) is 9.39 Å². The molecule has 18 heavy (non-hydrogen) atoms. The normalized spacial score (nSPS) is 32.5. The quantitative estimate of drug-likeness (QED) is 0.610. The van der Waals surface area contributed by atoms with E-state index >= 15 is 0 Å². The SMILES string of the molecule is COC=C1CCC(C2CCC(OB=N)CC2)CC1. The zero-order chi connectivity index (χ0) is 12.8. The molecule has 0 aromatic rings. The summed E-state index contributed by atoms with van der Waals surface area (Å²) >= 11 is 0.